The number of halogens is 2. The number of carbonyl (C=O) groups excluding carboxylic acids is 5. The molecule has 0 spiro atoms. The van der Waals surface area contributed by atoms with Crippen LogP contribution in [-0.4, -0.2) is 91.1 Å². The maximum Gasteiger partial charge on any atom is 0.414 e. The van der Waals surface area contributed by atoms with Gasteiger partial charge >= 0.3 is 6.09 Å². The summed E-state index contributed by atoms with van der Waals surface area (Å²) in [6, 6.07) is 6.58. The average Bonchev–Trinajstić information content (AvgIpc) is 3.64. The summed E-state index contributed by atoms with van der Waals surface area (Å²) in [5.41, 5.74) is 11.7. The lowest BCUT2D eigenvalue weighted by Gasteiger charge is -2.27. The third-order valence-corrected chi connectivity index (χ3v) is 9.71. The molecule has 2 atom stereocenters. The number of morpholine rings is 1. The lowest BCUT2D eigenvalue weighted by atomic mass is 10.1. The van der Waals surface area contributed by atoms with Crippen molar-refractivity contribution in [3.8, 4) is 0 Å². The van der Waals surface area contributed by atoms with Gasteiger partial charge in [0.1, 0.15) is 18.5 Å². The highest BCUT2D eigenvalue weighted by molar-refractivity contribution is 8.13. The molecule has 1 aromatic heterocycles. The summed E-state index contributed by atoms with van der Waals surface area (Å²) in [5.74, 6) is -1.63. The Morgan fingerprint density at radius 2 is 1.93 bits per heavy atom. The number of ether oxygens (including phenoxy) is 2. The van der Waals surface area contributed by atoms with Crippen LogP contribution < -0.4 is 21.3 Å². The normalized spacial score (nSPS) is 17.3. The number of cyclic esters (lactones) is 1. The number of rotatable bonds is 15. The van der Waals surface area contributed by atoms with Crippen molar-refractivity contribution >= 4 is 75.0 Å². The molecule has 2 aliphatic rings. The molecule has 2 fully saturated rings. The zero-order valence-electron chi connectivity index (χ0n) is 25.2. The van der Waals surface area contributed by atoms with Crippen LogP contribution in [0.5, 0.6) is 0 Å². The second kappa shape index (κ2) is 17.2. The first-order valence-corrected chi connectivity index (χ1v) is 17.1. The molecule has 12 nitrogen and oxygen atoms in total. The first kappa shape index (κ1) is 35.8. The van der Waals surface area contributed by atoms with Crippen LogP contribution in [-0.2, 0) is 23.9 Å². The average molecular weight is 698 g/mol. The molecule has 0 radical (unpaired) electrons. The Morgan fingerprint density at radius 1 is 1.13 bits per heavy atom. The monoisotopic (exact) mass is 697 g/mol. The van der Waals surface area contributed by atoms with E-state index in [1.165, 1.54) is 29.2 Å². The number of carbonyl (C=O) groups is 5. The smallest absolute Gasteiger partial charge is 0.414 e. The summed E-state index contributed by atoms with van der Waals surface area (Å²) >= 11 is 8.17. The minimum Gasteiger partial charge on any atom is -0.442 e. The number of hydrogen-bond donors (Lipinski definition) is 2. The summed E-state index contributed by atoms with van der Waals surface area (Å²) in [4.78, 5) is 67.7. The largest absolute Gasteiger partial charge is 0.442 e. The fourth-order valence-electron chi connectivity index (χ4n) is 4.97. The van der Waals surface area contributed by atoms with E-state index in [2.05, 4.69) is 0 Å². The molecule has 2 aliphatic heterocycles. The minimum absolute atomic E-state index is 0.0167. The van der Waals surface area contributed by atoms with Crippen molar-refractivity contribution in [3.63, 3.8) is 0 Å². The molecule has 3 heterocycles. The number of benzene rings is 1. The van der Waals surface area contributed by atoms with Gasteiger partial charge in [0, 0.05) is 24.4 Å². The van der Waals surface area contributed by atoms with Crippen LogP contribution in [0.3, 0.4) is 0 Å². The molecule has 2 saturated heterocycles. The Labute approximate surface area is 279 Å². The number of thioether (sulfide) groups is 1. The van der Waals surface area contributed by atoms with Gasteiger partial charge in [0.15, 0.2) is 0 Å². The van der Waals surface area contributed by atoms with Gasteiger partial charge in [0.25, 0.3) is 11.8 Å². The van der Waals surface area contributed by atoms with Crippen LogP contribution in [0.4, 0.5) is 20.6 Å². The molecule has 2 aromatic rings. The van der Waals surface area contributed by atoms with Crippen molar-refractivity contribution in [3.05, 3.63) is 45.4 Å². The fraction of sp³-hybridized carbons (Fsp3) is 0.500. The van der Waals surface area contributed by atoms with Crippen LogP contribution in [0, 0.1) is 5.82 Å². The zero-order chi connectivity index (χ0) is 33.2. The van der Waals surface area contributed by atoms with E-state index in [0.29, 0.717) is 48.2 Å². The maximum absolute atomic E-state index is 15.2. The van der Waals surface area contributed by atoms with Crippen LogP contribution >= 0.6 is 34.7 Å². The number of amides is 4. The fourth-order valence-corrected chi connectivity index (χ4v) is 6.84. The van der Waals surface area contributed by atoms with Crippen molar-refractivity contribution in [2.45, 2.75) is 50.7 Å². The van der Waals surface area contributed by atoms with Gasteiger partial charge in [-0.1, -0.05) is 29.8 Å². The number of imide groups is 1. The molecule has 1 aromatic carbocycles. The van der Waals surface area contributed by atoms with E-state index < -0.39 is 35.9 Å². The third kappa shape index (κ3) is 9.48. The van der Waals surface area contributed by atoms with Crippen molar-refractivity contribution in [2.24, 2.45) is 11.5 Å². The van der Waals surface area contributed by atoms with Crippen molar-refractivity contribution in [1.29, 1.82) is 0 Å². The molecule has 46 heavy (non-hydrogen) atoms. The Balaban J connectivity index is 1.36. The predicted molar refractivity (Wildman–Crippen MR) is 175 cm³/mol. The summed E-state index contributed by atoms with van der Waals surface area (Å²) in [7, 11) is 0. The van der Waals surface area contributed by atoms with Gasteiger partial charge in [0.2, 0.25) is 11.0 Å². The van der Waals surface area contributed by atoms with E-state index in [1.54, 1.807) is 6.07 Å². The molecule has 16 heteroatoms. The van der Waals surface area contributed by atoms with Gasteiger partial charge in [-0.15, -0.1) is 11.3 Å². The first-order valence-electron chi connectivity index (χ1n) is 15.0. The molecule has 0 unspecified atom stereocenters. The van der Waals surface area contributed by atoms with Gasteiger partial charge < -0.3 is 25.8 Å². The number of hydrogen-bond acceptors (Lipinski definition) is 11. The van der Waals surface area contributed by atoms with E-state index in [4.69, 9.17) is 32.5 Å². The highest BCUT2D eigenvalue weighted by Gasteiger charge is 2.38. The van der Waals surface area contributed by atoms with Gasteiger partial charge in [0.05, 0.1) is 40.6 Å². The number of nitrogens with two attached hydrogens (primary N) is 2. The lowest BCUT2D eigenvalue weighted by Crippen LogP contribution is -2.43. The number of unbranched alkanes of at least 4 members (excludes halogenated alkanes) is 2. The van der Waals surface area contributed by atoms with Crippen molar-refractivity contribution in [2.75, 3.05) is 54.9 Å². The number of thiophene rings is 1. The maximum atomic E-state index is 15.2. The third-order valence-electron chi connectivity index (χ3n) is 7.41. The molecule has 4 rings (SSSR count). The van der Waals surface area contributed by atoms with Crippen molar-refractivity contribution in [1.82, 2.24) is 4.90 Å². The number of nitrogens with zero attached hydrogens (tertiary/aromatic N) is 3. The molecule has 0 aliphatic carbocycles. The highest BCUT2D eigenvalue weighted by Crippen LogP contribution is 2.30. The summed E-state index contributed by atoms with van der Waals surface area (Å²) in [6.07, 6.45) is 1.37. The second-order valence-corrected chi connectivity index (χ2v) is 13.6. The Hall–Kier alpha value is -3.08. The summed E-state index contributed by atoms with van der Waals surface area (Å²) in [5, 5.41) is -0.108. The van der Waals surface area contributed by atoms with E-state index >= 15 is 4.39 Å². The Morgan fingerprint density at radius 3 is 2.63 bits per heavy atom. The van der Waals surface area contributed by atoms with E-state index in [0.717, 1.165) is 45.7 Å². The van der Waals surface area contributed by atoms with Gasteiger partial charge in [-0.25, -0.2) is 9.18 Å². The highest BCUT2D eigenvalue weighted by atomic mass is 35.5. The van der Waals surface area contributed by atoms with Crippen LogP contribution in [0.25, 0.3) is 0 Å². The van der Waals surface area contributed by atoms with Gasteiger partial charge in [-0.05, 0) is 62.6 Å². The van der Waals surface area contributed by atoms with E-state index in [9.17, 15) is 24.0 Å². The Bertz CT molecular complexity index is 1430. The second-order valence-electron chi connectivity index (χ2n) is 10.8. The molecule has 250 valence electrons. The molecule has 4 amide bonds. The molecule has 0 bridgehead atoms. The molecular formula is C30H37ClFN5O7S2. The predicted octanol–water partition coefficient (Wildman–Crippen LogP) is 3.78. The lowest BCUT2D eigenvalue weighted by molar-refractivity contribution is -0.129. The van der Waals surface area contributed by atoms with Crippen LogP contribution in [0.1, 0.15) is 48.2 Å². The van der Waals surface area contributed by atoms with Crippen molar-refractivity contribution < 1.29 is 37.8 Å². The quantitative estimate of drug-likeness (QED) is 0.262. The zero-order valence-corrected chi connectivity index (χ0v) is 27.5. The minimum atomic E-state index is -0.926. The Kier molecular flexibility index (Phi) is 13.4. The standard InChI is InChI=1S/C30H37ClFN5O7S2/c31-25-10-9-24(46-25)28(40)37(26(38)6-2-4-14-45-29(41)22(34)5-1-3-11-33)17-20-16-36(30(42)44-20)23-8-7-19(15-21(23)32)35-12-13-43-18-27(35)39/h7-10,15,20,22H,1-6,11-14,16-18,33-34H2/t20-,22+/m1/s1. The first-order chi connectivity index (χ1) is 22.1. The topological polar surface area (TPSA) is 166 Å². The molecule has 0 saturated carbocycles. The van der Waals surface area contributed by atoms with E-state index in [-0.39, 0.29) is 54.2 Å². The summed E-state index contributed by atoms with van der Waals surface area (Å²) in [6.45, 7) is 0.692. The van der Waals surface area contributed by atoms with Crippen LogP contribution in [0.2, 0.25) is 4.34 Å². The molecule has 4 N–H and O–H groups in total. The van der Waals surface area contributed by atoms with Gasteiger partial charge in [-0.3, -0.25) is 29.0 Å². The molecular weight excluding hydrogens is 661 g/mol. The SMILES string of the molecule is NCCCC[C@H](N)C(=O)SCCCCC(=O)N(C[C@H]1CN(c2ccc(N3CCOCC3=O)cc2F)C(=O)O1)C(=O)c1ccc(Cl)s1. The number of anilines is 2. The summed E-state index contributed by atoms with van der Waals surface area (Å²) < 4.78 is 26.2. The van der Waals surface area contributed by atoms with E-state index in [1.807, 2.05) is 0 Å². The van der Waals surface area contributed by atoms with Crippen LogP contribution in [0.15, 0.2) is 30.3 Å². The van der Waals surface area contributed by atoms with Gasteiger partial charge in [-0.2, -0.15) is 0 Å².